The lowest BCUT2D eigenvalue weighted by Crippen LogP contribution is -2.51. The number of hydrogen-bond acceptors (Lipinski definition) is 4. The minimum atomic E-state index is 0.0616. The second-order valence-corrected chi connectivity index (χ2v) is 5.90. The number of benzene rings is 1. The van der Waals surface area contributed by atoms with Crippen molar-refractivity contribution >= 4 is 11.6 Å². The van der Waals surface area contributed by atoms with Crippen LogP contribution in [0, 0.1) is 5.92 Å². The van der Waals surface area contributed by atoms with Gasteiger partial charge in [0.25, 0.3) is 0 Å². The second kappa shape index (κ2) is 7.01. The van der Waals surface area contributed by atoms with Gasteiger partial charge in [0.2, 0.25) is 5.91 Å². The maximum Gasteiger partial charge on any atom is 0.228 e. The zero-order valence-corrected chi connectivity index (χ0v) is 13.2. The van der Waals surface area contributed by atoms with Crippen molar-refractivity contribution in [2.24, 2.45) is 5.92 Å². The monoisotopic (exact) mass is 304 g/mol. The molecule has 5 nitrogen and oxygen atoms in total. The summed E-state index contributed by atoms with van der Waals surface area (Å²) in [6.45, 7) is 4.62. The number of piperazine rings is 1. The number of methoxy groups -OCH3 is 1. The van der Waals surface area contributed by atoms with Crippen LogP contribution >= 0.6 is 0 Å². The molecule has 5 heteroatoms. The molecule has 1 unspecified atom stereocenters. The first-order valence-corrected chi connectivity index (χ1v) is 8.04. The van der Waals surface area contributed by atoms with Crippen LogP contribution in [0.1, 0.15) is 12.8 Å². The van der Waals surface area contributed by atoms with E-state index in [2.05, 4.69) is 11.0 Å². The quantitative estimate of drug-likeness (QED) is 0.853. The van der Waals surface area contributed by atoms with Crippen molar-refractivity contribution < 1.29 is 14.3 Å². The number of anilines is 1. The van der Waals surface area contributed by atoms with Crippen molar-refractivity contribution in [2.45, 2.75) is 12.8 Å². The number of ether oxygens (including phenoxy) is 2. The third kappa shape index (κ3) is 3.19. The van der Waals surface area contributed by atoms with E-state index in [1.165, 1.54) is 0 Å². The fraction of sp³-hybridized carbons (Fsp3) is 0.588. The fourth-order valence-electron chi connectivity index (χ4n) is 3.25. The van der Waals surface area contributed by atoms with Gasteiger partial charge >= 0.3 is 0 Å². The first kappa shape index (κ1) is 15.2. The molecule has 0 bridgehead atoms. The van der Waals surface area contributed by atoms with E-state index in [0.717, 1.165) is 57.1 Å². The first-order valence-electron chi connectivity index (χ1n) is 8.04. The molecule has 0 saturated carbocycles. The summed E-state index contributed by atoms with van der Waals surface area (Å²) in [5.74, 6) is 1.22. The van der Waals surface area contributed by atoms with Crippen molar-refractivity contribution in [2.75, 3.05) is 51.4 Å². The lowest BCUT2D eigenvalue weighted by molar-refractivity contribution is -0.140. The highest BCUT2D eigenvalue weighted by Gasteiger charge is 2.29. The number of para-hydroxylation sites is 2. The van der Waals surface area contributed by atoms with E-state index < -0.39 is 0 Å². The van der Waals surface area contributed by atoms with Gasteiger partial charge in [-0.3, -0.25) is 4.79 Å². The Morgan fingerprint density at radius 3 is 2.68 bits per heavy atom. The molecule has 2 fully saturated rings. The van der Waals surface area contributed by atoms with E-state index in [1.54, 1.807) is 7.11 Å². The molecular weight excluding hydrogens is 280 g/mol. The summed E-state index contributed by atoms with van der Waals surface area (Å²) in [4.78, 5) is 16.8. The third-order valence-corrected chi connectivity index (χ3v) is 4.53. The molecule has 0 aliphatic carbocycles. The van der Waals surface area contributed by atoms with Crippen LogP contribution in [-0.4, -0.2) is 57.3 Å². The molecule has 2 aliphatic rings. The lowest BCUT2D eigenvalue weighted by atomic mass is 10.0. The zero-order chi connectivity index (χ0) is 15.4. The fourth-order valence-corrected chi connectivity index (χ4v) is 3.25. The van der Waals surface area contributed by atoms with E-state index in [-0.39, 0.29) is 11.8 Å². The number of rotatable bonds is 3. The van der Waals surface area contributed by atoms with Gasteiger partial charge in [-0.05, 0) is 25.0 Å². The van der Waals surface area contributed by atoms with Crippen LogP contribution < -0.4 is 9.64 Å². The molecule has 1 amide bonds. The first-order chi connectivity index (χ1) is 10.8. The van der Waals surface area contributed by atoms with Crippen LogP contribution in [-0.2, 0) is 9.53 Å². The maximum absolute atomic E-state index is 12.5. The summed E-state index contributed by atoms with van der Waals surface area (Å²) < 4.78 is 10.9. The Labute approximate surface area is 131 Å². The summed E-state index contributed by atoms with van der Waals surface area (Å²) in [5.41, 5.74) is 1.11. The standard InChI is InChI=1S/C17H24N2O3/c1-21-16-7-3-2-6-15(16)18-8-10-19(11-9-18)17(20)14-5-4-12-22-13-14/h2-3,6-7,14H,4-5,8-13H2,1H3. The average molecular weight is 304 g/mol. The predicted octanol–water partition coefficient (Wildman–Crippen LogP) is 1.77. The van der Waals surface area contributed by atoms with Gasteiger partial charge in [-0.1, -0.05) is 12.1 Å². The van der Waals surface area contributed by atoms with E-state index in [9.17, 15) is 4.79 Å². The summed E-state index contributed by atoms with van der Waals surface area (Å²) in [6.07, 6.45) is 1.96. The molecule has 2 aliphatic heterocycles. The van der Waals surface area contributed by atoms with Crippen molar-refractivity contribution in [3.05, 3.63) is 24.3 Å². The minimum absolute atomic E-state index is 0.0616. The van der Waals surface area contributed by atoms with E-state index in [0.29, 0.717) is 6.61 Å². The van der Waals surface area contributed by atoms with Gasteiger partial charge in [0, 0.05) is 32.8 Å². The molecule has 0 N–H and O–H groups in total. The highest BCUT2D eigenvalue weighted by Crippen LogP contribution is 2.28. The van der Waals surface area contributed by atoms with Gasteiger partial charge in [0.05, 0.1) is 25.3 Å². The van der Waals surface area contributed by atoms with Gasteiger partial charge in [-0.15, -0.1) is 0 Å². The smallest absolute Gasteiger partial charge is 0.228 e. The Kier molecular flexibility index (Phi) is 4.83. The lowest BCUT2D eigenvalue weighted by Gasteiger charge is -2.38. The van der Waals surface area contributed by atoms with Crippen LogP contribution in [0.5, 0.6) is 5.75 Å². The van der Waals surface area contributed by atoms with Crippen LogP contribution in [0.15, 0.2) is 24.3 Å². The number of carbonyl (C=O) groups is 1. The van der Waals surface area contributed by atoms with E-state index in [4.69, 9.17) is 9.47 Å². The van der Waals surface area contributed by atoms with Gasteiger partial charge in [0.1, 0.15) is 5.75 Å². The number of carbonyl (C=O) groups excluding carboxylic acids is 1. The van der Waals surface area contributed by atoms with Crippen molar-refractivity contribution in [1.82, 2.24) is 4.90 Å². The minimum Gasteiger partial charge on any atom is -0.495 e. The van der Waals surface area contributed by atoms with Gasteiger partial charge < -0.3 is 19.3 Å². The molecule has 22 heavy (non-hydrogen) atoms. The molecule has 0 spiro atoms. The highest BCUT2D eigenvalue weighted by molar-refractivity contribution is 5.79. The maximum atomic E-state index is 12.5. The van der Waals surface area contributed by atoms with E-state index >= 15 is 0 Å². The molecule has 1 aromatic carbocycles. The Morgan fingerprint density at radius 2 is 2.00 bits per heavy atom. The average Bonchev–Trinajstić information content (AvgIpc) is 2.62. The molecule has 2 saturated heterocycles. The third-order valence-electron chi connectivity index (χ3n) is 4.53. The summed E-state index contributed by atoms with van der Waals surface area (Å²) in [7, 11) is 1.70. The molecule has 3 rings (SSSR count). The summed E-state index contributed by atoms with van der Waals surface area (Å²) >= 11 is 0. The number of hydrogen-bond donors (Lipinski definition) is 0. The normalized spacial score (nSPS) is 22.5. The Balaban J connectivity index is 1.59. The highest BCUT2D eigenvalue weighted by atomic mass is 16.5. The number of amides is 1. The van der Waals surface area contributed by atoms with Crippen molar-refractivity contribution in [3.8, 4) is 5.75 Å². The summed E-state index contributed by atoms with van der Waals surface area (Å²) in [6, 6.07) is 8.05. The Hall–Kier alpha value is -1.75. The largest absolute Gasteiger partial charge is 0.495 e. The molecule has 1 aromatic rings. The topological polar surface area (TPSA) is 42.0 Å². The van der Waals surface area contributed by atoms with Gasteiger partial charge in [-0.25, -0.2) is 0 Å². The van der Waals surface area contributed by atoms with Crippen molar-refractivity contribution in [1.29, 1.82) is 0 Å². The van der Waals surface area contributed by atoms with Crippen LogP contribution in [0.25, 0.3) is 0 Å². The molecule has 0 radical (unpaired) electrons. The van der Waals surface area contributed by atoms with Gasteiger partial charge in [-0.2, -0.15) is 0 Å². The zero-order valence-electron chi connectivity index (χ0n) is 13.2. The molecule has 2 heterocycles. The second-order valence-electron chi connectivity index (χ2n) is 5.90. The molecule has 0 aromatic heterocycles. The molecular formula is C17H24N2O3. The molecule has 1 atom stereocenters. The van der Waals surface area contributed by atoms with Gasteiger partial charge in [0.15, 0.2) is 0 Å². The SMILES string of the molecule is COc1ccccc1N1CCN(C(=O)C2CCCOC2)CC1. The van der Waals surface area contributed by atoms with Crippen molar-refractivity contribution in [3.63, 3.8) is 0 Å². The van der Waals surface area contributed by atoms with Crippen LogP contribution in [0.3, 0.4) is 0 Å². The predicted molar refractivity (Wildman–Crippen MR) is 85.3 cm³/mol. The summed E-state index contributed by atoms with van der Waals surface area (Å²) in [5, 5.41) is 0. The Bertz CT molecular complexity index is 506. The number of nitrogens with zero attached hydrogens (tertiary/aromatic N) is 2. The van der Waals surface area contributed by atoms with Crippen LogP contribution in [0.4, 0.5) is 5.69 Å². The molecule has 120 valence electrons. The van der Waals surface area contributed by atoms with E-state index in [1.807, 2.05) is 23.1 Å². The Morgan fingerprint density at radius 1 is 1.23 bits per heavy atom. The van der Waals surface area contributed by atoms with Crippen LogP contribution in [0.2, 0.25) is 0 Å².